The number of hydrogen-bond donors (Lipinski definition) is 2. The molecule has 0 spiro atoms. The SMILES string of the molecule is C=C[C@@H]1C[C@]1(CC(=O)[C@@H]1C(C)[C@@H](Oc2cc(-c3nc(C(C)C)cs3)nc3c(C)c(OC)ccc23)CN1C(=O)[C@@H](N)C(C)(C)C)C(=O)NS(=O)(=O)C1(C)CC1. The second-order valence-corrected chi connectivity index (χ2v) is 20.1. The van der Waals surface area contributed by atoms with Gasteiger partial charge in [0.1, 0.15) is 28.3 Å². The number of ether oxygens (including phenoxy) is 2. The normalized spacial score (nSPS) is 25.4. The average Bonchev–Trinajstić information content (AvgIpc) is 3.92. The summed E-state index contributed by atoms with van der Waals surface area (Å²) in [5.74, 6) is -0.963. The smallest absolute Gasteiger partial charge is 0.240 e. The molecule has 14 heteroatoms. The predicted octanol–water partition coefficient (Wildman–Crippen LogP) is 5.92. The lowest BCUT2D eigenvalue weighted by atomic mass is 9.85. The third kappa shape index (κ3) is 7.05. The zero-order valence-electron chi connectivity index (χ0n) is 32.7. The molecule has 1 unspecified atom stereocenters. The number of carbonyl (C=O) groups excluding carboxylic acids is 3. The monoisotopic (exact) mass is 779 g/mol. The summed E-state index contributed by atoms with van der Waals surface area (Å²) in [6.45, 7) is 19.1. The molecule has 2 saturated carbocycles. The van der Waals surface area contributed by atoms with E-state index in [9.17, 15) is 22.8 Å². The van der Waals surface area contributed by atoms with Crippen LogP contribution in [-0.2, 0) is 24.4 Å². The average molecular weight is 780 g/mol. The van der Waals surface area contributed by atoms with Crippen LogP contribution in [0.1, 0.15) is 91.3 Å². The highest BCUT2D eigenvalue weighted by atomic mass is 32.2. The summed E-state index contributed by atoms with van der Waals surface area (Å²) in [5.41, 5.74) is 7.72. The van der Waals surface area contributed by atoms with E-state index in [-0.39, 0.29) is 31.1 Å². The minimum Gasteiger partial charge on any atom is -0.496 e. The number of thiazole rings is 1. The van der Waals surface area contributed by atoms with Crippen molar-refractivity contribution in [1.82, 2.24) is 19.6 Å². The van der Waals surface area contributed by atoms with Gasteiger partial charge in [0.15, 0.2) is 5.78 Å². The number of nitrogens with zero attached hydrogens (tertiary/aromatic N) is 3. The van der Waals surface area contributed by atoms with Gasteiger partial charge < -0.3 is 20.1 Å². The number of methoxy groups -OCH3 is 1. The van der Waals surface area contributed by atoms with Crippen LogP contribution in [0.4, 0.5) is 0 Å². The molecule has 6 atom stereocenters. The van der Waals surface area contributed by atoms with Crippen molar-refractivity contribution < 1.29 is 32.3 Å². The number of benzene rings is 1. The van der Waals surface area contributed by atoms with Crippen LogP contribution in [0.3, 0.4) is 0 Å². The standard InChI is InChI=1S/C40H53N5O7S2/c1-11-24-17-40(24,37(48)44-54(49,50)39(9)14-15-39)18-28(46)33-23(5)31(19-45(33)36(47)34(41)38(6,7)8)52-30-16-26(35-43-27(20-53-35)21(2)3)42-32-22(4)29(51-10)13-12-25(30)32/h11-13,16,20-21,23-24,31,33-34H,1,14-15,17-19,41H2,2-10H3,(H,44,48)/t23?,24-,31+,33+,34-,40-/m1/s1. The minimum absolute atomic E-state index is 0.0695. The molecule has 1 aromatic carbocycles. The third-order valence-electron chi connectivity index (χ3n) is 11.8. The Morgan fingerprint density at radius 2 is 1.87 bits per heavy atom. The number of rotatable bonds is 13. The molecule has 292 valence electrons. The quantitative estimate of drug-likeness (QED) is 0.199. The number of sulfonamides is 1. The summed E-state index contributed by atoms with van der Waals surface area (Å²) in [6.07, 6.45) is 1.89. The number of aryl methyl sites for hydroxylation is 1. The van der Waals surface area contributed by atoms with E-state index in [1.165, 1.54) is 16.2 Å². The lowest BCUT2D eigenvalue weighted by molar-refractivity contribution is -0.142. The Morgan fingerprint density at radius 3 is 2.43 bits per heavy atom. The lowest BCUT2D eigenvalue weighted by Gasteiger charge is -2.33. The van der Waals surface area contributed by atoms with E-state index < -0.39 is 67.4 Å². The van der Waals surface area contributed by atoms with E-state index in [4.69, 9.17) is 25.2 Å². The fraction of sp³-hybridized carbons (Fsp3) is 0.575. The Kier molecular flexibility index (Phi) is 10.3. The number of aromatic nitrogens is 2. The van der Waals surface area contributed by atoms with E-state index >= 15 is 0 Å². The number of pyridine rings is 1. The molecule has 0 radical (unpaired) electrons. The first-order chi connectivity index (χ1) is 25.2. The molecule has 3 aliphatic rings. The number of hydrogen-bond acceptors (Lipinski definition) is 11. The molecule has 6 rings (SSSR count). The molecule has 3 fully saturated rings. The molecular weight excluding hydrogens is 727 g/mol. The Bertz CT molecular complexity index is 2120. The molecule has 3 aromatic rings. The van der Waals surface area contributed by atoms with E-state index in [1.54, 1.807) is 20.1 Å². The largest absolute Gasteiger partial charge is 0.496 e. The van der Waals surface area contributed by atoms with Crippen molar-refractivity contribution in [2.24, 2.45) is 28.4 Å². The summed E-state index contributed by atoms with van der Waals surface area (Å²) in [6, 6.07) is 3.69. The molecule has 2 amide bonds. The van der Waals surface area contributed by atoms with E-state index in [1.807, 2.05) is 58.2 Å². The topological polar surface area (TPSA) is 171 Å². The number of fused-ring (bicyclic) bond motifs is 1. The predicted molar refractivity (Wildman–Crippen MR) is 210 cm³/mol. The van der Waals surface area contributed by atoms with Gasteiger partial charge in [-0.15, -0.1) is 17.9 Å². The highest BCUT2D eigenvalue weighted by molar-refractivity contribution is 7.91. The molecule has 1 aliphatic heterocycles. The van der Waals surface area contributed by atoms with Crippen molar-refractivity contribution in [2.75, 3.05) is 13.7 Å². The van der Waals surface area contributed by atoms with Crippen molar-refractivity contribution in [2.45, 2.75) is 110 Å². The van der Waals surface area contributed by atoms with Crippen LogP contribution >= 0.6 is 11.3 Å². The highest BCUT2D eigenvalue weighted by Crippen LogP contribution is 2.57. The summed E-state index contributed by atoms with van der Waals surface area (Å²) in [5, 5.41) is 3.49. The maximum atomic E-state index is 14.6. The molecule has 3 N–H and O–H groups in total. The molecular formula is C40H53N5O7S2. The molecule has 1 saturated heterocycles. The Balaban J connectivity index is 1.36. The van der Waals surface area contributed by atoms with Crippen LogP contribution < -0.4 is 19.9 Å². The van der Waals surface area contributed by atoms with Gasteiger partial charge in [-0.2, -0.15) is 0 Å². The second kappa shape index (κ2) is 14.0. The number of likely N-dealkylation sites (tertiary alicyclic amines) is 1. The first kappa shape index (κ1) is 39.8. The van der Waals surface area contributed by atoms with Gasteiger partial charge >= 0.3 is 0 Å². The van der Waals surface area contributed by atoms with E-state index in [0.717, 1.165) is 21.7 Å². The van der Waals surface area contributed by atoms with Gasteiger partial charge in [0.05, 0.1) is 47.1 Å². The van der Waals surface area contributed by atoms with Crippen molar-refractivity contribution in [3.8, 4) is 22.2 Å². The third-order valence-corrected chi connectivity index (χ3v) is 14.8. The van der Waals surface area contributed by atoms with Gasteiger partial charge in [0, 0.05) is 34.7 Å². The number of nitrogens with two attached hydrogens (primary N) is 1. The van der Waals surface area contributed by atoms with Crippen molar-refractivity contribution in [3.63, 3.8) is 0 Å². The fourth-order valence-electron chi connectivity index (χ4n) is 7.38. The maximum Gasteiger partial charge on any atom is 0.240 e. The van der Waals surface area contributed by atoms with Crippen molar-refractivity contribution in [3.05, 3.63) is 47.5 Å². The van der Waals surface area contributed by atoms with Crippen LogP contribution in [0.5, 0.6) is 11.5 Å². The molecule has 54 heavy (non-hydrogen) atoms. The van der Waals surface area contributed by atoms with Gasteiger partial charge in [-0.3, -0.25) is 19.1 Å². The minimum atomic E-state index is -3.94. The zero-order valence-corrected chi connectivity index (χ0v) is 34.3. The second-order valence-electron chi connectivity index (χ2n) is 17.1. The molecule has 3 heterocycles. The van der Waals surface area contributed by atoms with Gasteiger partial charge in [0.2, 0.25) is 21.8 Å². The van der Waals surface area contributed by atoms with Crippen molar-refractivity contribution >= 4 is 49.9 Å². The number of ketones is 1. The fourth-order valence-corrected chi connectivity index (χ4v) is 9.66. The maximum absolute atomic E-state index is 14.6. The van der Waals surface area contributed by atoms with E-state index in [0.29, 0.717) is 35.6 Å². The van der Waals surface area contributed by atoms with E-state index in [2.05, 4.69) is 25.1 Å². The summed E-state index contributed by atoms with van der Waals surface area (Å²) >= 11 is 1.50. The molecule has 2 aliphatic carbocycles. The van der Waals surface area contributed by atoms with Gasteiger partial charge in [0.25, 0.3) is 0 Å². The van der Waals surface area contributed by atoms with Gasteiger partial charge in [-0.05, 0) is 62.5 Å². The van der Waals surface area contributed by atoms with Gasteiger partial charge in [-0.25, -0.2) is 18.4 Å². The first-order valence-corrected chi connectivity index (χ1v) is 20.9. The van der Waals surface area contributed by atoms with Gasteiger partial charge in [-0.1, -0.05) is 47.6 Å². The highest BCUT2D eigenvalue weighted by Gasteiger charge is 2.63. The molecule has 0 bridgehead atoms. The van der Waals surface area contributed by atoms with Crippen LogP contribution in [0.2, 0.25) is 0 Å². The number of carbonyl (C=O) groups is 3. The number of amides is 2. The lowest BCUT2D eigenvalue weighted by Crippen LogP contribution is -2.54. The zero-order chi connectivity index (χ0) is 39.7. The van der Waals surface area contributed by atoms with Crippen LogP contribution in [-0.4, -0.2) is 77.5 Å². The molecule has 2 aromatic heterocycles. The van der Waals surface area contributed by atoms with Crippen LogP contribution in [0.25, 0.3) is 21.6 Å². The Labute approximate surface area is 322 Å². The first-order valence-electron chi connectivity index (χ1n) is 18.6. The van der Waals surface area contributed by atoms with Crippen LogP contribution in [0.15, 0.2) is 36.2 Å². The molecule has 12 nitrogen and oxygen atoms in total. The number of Topliss-reactive ketones (excluding diaryl/α,β-unsaturated/α-hetero) is 1. The Morgan fingerprint density at radius 1 is 1.19 bits per heavy atom. The number of nitrogens with one attached hydrogen (secondary N) is 1. The van der Waals surface area contributed by atoms with Crippen molar-refractivity contribution in [1.29, 1.82) is 0 Å². The Hall–Kier alpha value is -3.88. The summed E-state index contributed by atoms with van der Waals surface area (Å²) in [4.78, 5) is 53.9. The number of allylic oxidation sites excluding steroid dienone is 1. The summed E-state index contributed by atoms with van der Waals surface area (Å²) < 4.78 is 39.9. The van der Waals surface area contributed by atoms with Crippen LogP contribution in [0, 0.1) is 29.6 Å². The summed E-state index contributed by atoms with van der Waals surface area (Å²) in [7, 11) is -2.33.